The number of urea groups is 1. The average Bonchev–Trinajstić information content (AvgIpc) is 1.78. The third kappa shape index (κ3) is 1.09. The molecule has 2 amide bonds. The number of hydrogen-bond acceptors (Lipinski definition) is 3. The molecule has 0 aliphatic carbocycles. The molecule has 0 aromatic heterocycles. The van der Waals surface area contributed by atoms with Crippen LogP contribution >= 0.6 is 0 Å². The molecule has 1 heterocycles. The van der Waals surface area contributed by atoms with Gasteiger partial charge in [0.05, 0.1) is 0 Å². The molecular weight excluding hydrogens is 134 g/mol. The molecule has 1 aliphatic rings. The Labute approximate surface area is 57.9 Å². The van der Waals surface area contributed by atoms with Gasteiger partial charge in [0, 0.05) is 11.8 Å². The van der Waals surface area contributed by atoms with Crippen LogP contribution < -0.4 is 16.4 Å². The molecule has 10 heavy (non-hydrogen) atoms. The zero-order chi connectivity index (χ0) is 7.78. The maximum absolute atomic E-state index is 10.5. The lowest BCUT2D eigenvalue weighted by molar-refractivity contribution is 0.0554. The normalized spacial score (nSPS) is 32.3. The Bertz CT molecular complexity index is 197. The largest absolute Gasteiger partial charge is 0.355 e. The molecule has 0 radical (unpaired) electrons. The lowest BCUT2D eigenvalue weighted by Gasteiger charge is -2.28. The SMILES string of the molecule is CC1=CNC(=O)NC1(N)O. The predicted octanol–water partition coefficient (Wildman–Crippen LogP) is -1.19. The highest BCUT2D eigenvalue weighted by molar-refractivity contribution is 5.77. The van der Waals surface area contributed by atoms with Gasteiger partial charge in [0.2, 0.25) is 5.85 Å². The molecule has 56 valence electrons. The van der Waals surface area contributed by atoms with Gasteiger partial charge < -0.3 is 10.4 Å². The third-order valence-corrected chi connectivity index (χ3v) is 1.33. The van der Waals surface area contributed by atoms with Crippen LogP contribution in [-0.4, -0.2) is 17.0 Å². The Morgan fingerprint density at radius 1 is 1.80 bits per heavy atom. The highest BCUT2D eigenvalue weighted by Crippen LogP contribution is 2.07. The van der Waals surface area contributed by atoms with Gasteiger partial charge in [-0.05, 0) is 6.92 Å². The first-order valence-corrected chi connectivity index (χ1v) is 2.79. The number of aliphatic hydroxyl groups is 1. The Balaban J connectivity index is 2.86. The van der Waals surface area contributed by atoms with Gasteiger partial charge in [-0.2, -0.15) is 0 Å². The molecule has 1 atom stereocenters. The van der Waals surface area contributed by atoms with Gasteiger partial charge in [-0.3, -0.25) is 11.1 Å². The molecule has 0 aromatic carbocycles. The molecule has 0 saturated heterocycles. The van der Waals surface area contributed by atoms with Crippen molar-refractivity contribution in [1.82, 2.24) is 10.6 Å². The van der Waals surface area contributed by atoms with Crippen LogP contribution in [0.3, 0.4) is 0 Å². The quantitative estimate of drug-likeness (QED) is 0.321. The summed E-state index contributed by atoms with van der Waals surface area (Å²) in [5.74, 6) is -1.69. The first kappa shape index (κ1) is 7.04. The summed E-state index contributed by atoms with van der Waals surface area (Å²) in [7, 11) is 0. The lowest BCUT2D eigenvalue weighted by atomic mass is 10.2. The van der Waals surface area contributed by atoms with Crippen molar-refractivity contribution in [2.75, 3.05) is 0 Å². The molecule has 0 bridgehead atoms. The van der Waals surface area contributed by atoms with Crippen molar-refractivity contribution >= 4 is 6.03 Å². The second kappa shape index (κ2) is 1.96. The van der Waals surface area contributed by atoms with Gasteiger partial charge in [0.15, 0.2) is 0 Å². The third-order valence-electron chi connectivity index (χ3n) is 1.33. The minimum absolute atomic E-state index is 0.465. The summed E-state index contributed by atoms with van der Waals surface area (Å²) < 4.78 is 0. The highest BCUT2D eigenvalue weighted by atomic mass is 16.3. The maximum Gasteiger partial charge on any atom is 0.322 e. The first-order chi connectivity index (χ1) is 4.52. The summed E-state index contributed by atoms with van der Waals surface area (Å²) >= 11 is 0. The van der Waals surface area contributed by atoms with E-state index in [1.165, 1.54) is 6.20 Å². The van der Waals surface area contributed by atoms with Gasteiger partial charge >= 0.3 is 6.03 Å². The van der Waals surface area contributed by atoms with Crippen LogP contribution in [0.5, 0.6) is 0 Å². The average molecular weight is 143 g/mol. The Kier molecular flexibility index (Phi) is 1.38. The molecule has 1 rings (SSSR count). The second-order valence-electron chi connectivity index (χ2n) is 2.19. The number of amides is 2. The van der Waals surface area contributed by atoms with Gasteiger partial charge in [0.1, 0.15) is 0 Å². The predicted molar refractivity (Wildman–Crippen MR) is 34.6 cm³/mol. The van der Waals surface area contributed by atoms with Crippen LogP contribution in [0, 0.1) is 0 Å². The maximum atomic E-state index is 10.5. The molecule has 1 unspecified atom stereocenters. The Morgan fingerprint density at radius 3 is 2.80 bits per heavy atom. The minimum atomic E-state index is -1.69. The second-order valence-corrected chi connectivity index (χ2v) is 2.19. The minimum Gasteiger partial charge on any atom is -0.355 e. The van der Waals surface area contributed by atoms with Crippen LogP contribution in [0.1, 0.15) is 6.92 Å². The number of nitrogens with one attached hydrogen (secondary N) is 2. The van der Waals surface area contributed by atoms with E-state index in [1.807, 2.05) is 0 Å². The summed E-state index contributed by atoms with van der Waals surface area (Å²) in [5.41, 5.74) is 5.69. The van der Waals surface area contributed by atoms with Crippen molar-refractivity contribution < 1.29 is 9.90 Å². The van der Waals surface area contributed by atoms with Crippen LogP contribution in [0.2, 0.25) is 0 Å². The number of rotatable bonds is 0. The van der Waals surface area contributed by atoms with Gasteiger partial charge in [-0.1, -0.05) is 0 Å². The smallest absolute Gasteiger partial charge is 0.322 e. The monoisotopic (exact) mass is 143 g/mol. The molecular formula is C5H9N3O2. The number of carbonyl (C=O) groups excluding carboxylic acids is 1. The Hall–Kier alpha value is -1.07. The van der Waals surface area contributed by atoms with Gasteiger partial charge in [-0.15, -0.1) is 0 Å². The standard InChI is InChI=1S/C5H9N3O2/c1-3-2-7-4(9)8-5(3,6)10/h2,10H,6H2,1H3,(H2,7,8,9). The van der Waals surface area contributed by atoms with Crippen molar-refractivity contribution in [3.05, 3.63) is 11.8 Å². The van der Waals surface area contributed by atoms with E-state index in [2.05, 4.69) is 10.6 Å². The van der Waals surface area contributed by atoms with E-state index < -0.39 is 11.9 Å². The first-order valence-electron chi connectivity index (χ1n) is 2.79. The fraction of sp³-hybridized carbons (Fsp3) is 0.400. The van der Waals surface area contributed by atoms with E-state index in [0.29, 0.717) is 5.57 Å². The summed E-state index contributed by atoms with van der Waals surface area (Å²) in [6, 6.07) is -0.504. The Morgan fingerprint density at radius 2 is 2.40 bits per heavy atom. The van der Waals surface area contributed by atoms with Crippen molar-refractivity contribution in [1.29, 1.82) is 0 Å². The zero-order valence-corrected chi connectivity index (χ0v) is 5.51. The van der Waals surface area contributed by atoms with Crippen LogP contribution in [-0.2, 0) is 0 Å². The van der Waals surface area contributed by atoms with Crippen LogP contribution in [0.15, 0.2) is 11.8 Å². The van der Waals surface area contributed by atoms with E-state index in [4.69, 9.17) is 10.8 Å². The van der Waals surface area contributed by atoms with Crippen molar-refractivity contribution in [2.45, 2.75) is 12.8 Å². The summed E-state index contributed by atoms with van der Waals surface area (Å²) in [6.45, 7) is 1.60. The lowest BCUT2D eigenvalue weighted by Crippen LogP contribution is -2.61. The molecule has 5 N–H and O–H groups in total. The van der Waals surface area contributed by atoms with Crippen molar-refractivity contribution in [3.8, 4) is 0 Å². The zero-order valence-electron chi connectivity index (χ0n) is 5.51. The number of carbonyl (C=O) groups is 1. The van der Waals surface area contributed by atoms with E-state index >= 15 is 0 Å². The molecule has 5 nitrogen and oxygen atoms in total. The van der Waals surface area contributed by atoms with Crippen LogP contribution in [0.25, 0.3) is 0 Å². The number of nitrogens with two attached hydrogens (primary N) is 1. The summed E-state index contributed by atoms with van der Waals surface area (Å²) in [5, 5.41) is 13.6. The van der Waals surface area contributed by atoms with Crippen LogP contribution in [0.4, 0.5) is 4.79 Å². The fourth-order valence-electron chi connectivity index (χ4n) is 0.592. The van der Waals surface area contributed by atoms with Crippen molar-refractivity contribution in [2.24, 2.45) is 5.73 Å². The molecule has 0 fully saturated rings. The molecule has 0 saturated carbocycles. The van der Waals surface area contributed by atoms with E-state index in [-0.39, 0.29) is 0 Å². The fourth-order valence-corrected chi connectivity index (χ4v) is 0.592. The molecule has 1 aliphatic heterocycles. The molecule has 0 spiro atoms. The van der Waals surface area contributed by atoms with Gasteiger partial charge in [0.25, 0.3) is 0 Å². The number of hydrogen-bond donors (Lipinski definition) is 4. The molecule has 5 heteroatoms. The van der Waals surface area contributed by atoms with E-state index in [9.17, 15) is 4.79 Å². The van der Waals surface area contributed by atoms with E-state index in [0.717, 1.165) is 0 Å². The highest BCUT2D eigenvalue weighted by Gasteiger charge is 2.28. The summed E-state index contributed by atoms with van der Waals surface area (Å²) in [6.07, 6.45) is 1.36. The molecule has 0 aromatic rings. The van der Waals surface area contributed by atoms with Crippen molar-refractivity contribution in [3.63, 3.8) is 0 Å². The summed E-state index contributed by atoms with van der Waals surface area (Å²) in [4.78, 5) is 10.5. The van der Waals surface area contributed by atoms with Gasteiger partial charge in [-0.25, -0.2) is 4.79 Å². The van der Waals surface area contributed by atoms with E-state index in [1.54, 1.807) is 6.92 Å². The topological polar surface area (TPSA) is 87.4 Å².